The zero-order valence-electron chi connectivity index (χ0n) is 22.0. The molecular formula is C28H43N3O5. The van der Waals surface area contributed by atoms with Gasteiger partial charge in [-0.05, 0) is 92.4 Å². The molecule has 0 spiro atoms. The second kappa shape index (κ2) is 8.83. The first kappa shape index (κ1) is 25.7. The summed E-state index contributed by atoms with van der Waals surface area (Å²) in [7, 11) is 1.81. The lowest BCUT2D eigenvalue weighted by molar-refractivity contribution is -0.206. The van der Waals surface area contributed by atoms with Crippen molar-refractivity contribution in [3.8, 4) is 0 Å². The van der Waals surface area contributed by atoms with Gasteiger partial charge in [0, 0.05) is 24.6 Å². The van der Waals surface area contributed by atoms with E-state index in [2.05, 4.69) is 13.8 Å². The summed E-state index contributed by atoms with van der Waals surface area (Å²) in [6.07, 6.45) is 10.2. The zero-order valence-corrected chi connectivity index (χ0v) is 22.0. The quantitative estimate of drug-likeness (QED) is 0.495. The molecule has 2 amide bonds. The Bertz CT molecular complexity index is 982. The molecule has 1 heterocycles. The van der Waals surface area contributed by atoms with Gasteiger partial charge in [0.05, 0.1) is 18.1 Å². The maximum atomic E-state index is 12.8. The van der Waals surface area contributed by atoms with Gasteiger partial charge in [-0.25, -0.2) is 4.79 Å². The van der Waals surface area contributed by atoms with E-state index in [1.54, 1.807) is 11.0 Å². The number of nitrogens with zero attached hydrogens (tertiary/aromatic N) is 1. The highest BCUT2D eigenvalue weighted by atomic mass is 16.5. The molecule has 36 heavy (non-hydrogen) atoms. The second-order valence-electron chi connectivity index (χ2n) is 12.9. The van der Waals surface area contributed by atoms with Gasteiger partial charge in [0.25, 0.3) is 0 Å². The highest BCUT2D eigenvalue weighted by Crippen LogP contribution is 2.70. The van der Waals surface area contributed by atoms with E-state index in [1.807, 2.05) is 7.05 Å². The third-order valence-corrected chi connectivity index (χ3v) is 11.6. The average Bonchev–Trinajstić information content (AvgIpc) is 3.37. The topological polar surface area (TPSA) is 136 Å². The molecule has 5 aliphatic rings. The summed E-state index contributed by atoms with van der Waals surface area (Å²) in [5.74, 6) is 0.414. The highest BCUT2D eigenvalue weighted by molar-refractivity contribution is 5.87. The third-order valence-electron chi connectivity index (χ3n) is 11.6. The van der Waals surface area contributed by atoms with Gasteiger partial charge < -0.3 is 26.2 Å². The van der Waals surface area contributed by atoms with Crippen molar-refractivity contribution in [1.29, 1.82) is 0 Å². The maximum absolute atomic E-state index is 12.8. The minimum Gasteiger partial charge on any atom is -0.458 e. The first-order valence-electron chi connectivity index (χ1n) is 13.8. The monoisotopic (exact) mass is 501 g/mol. The Morgan fingerprint density at radius 3 is 2.56 bits per heavy atom. The molecule has 0 aromatic rings. The van der Waals surface area contributed by atoms with Gasteiger partial charge in [0.2, 0.25) is 11.8 Å². The van der Waals surface area contributed by atoms with Gasteiger partial charge >= 0.3 is 5.97 Å². The van der Waals surface area contributed by atoms with E-state index in [-0.39, 0.29) is 47.0 Å². The summed E-state index contributed by atoms with van der Waals surface area (Å²) in [6.45, 7) is 5.06. The largest absolute Gasteiger partial charge is 0.458 e. The van der Waals surface area contributed by atoms with Crippen molar-refractivity contribution < 1.29 is 24.2 Å². The predicted octanol–water partition coefficient (Wildman–Crippen LogP) is 2.27. The summed E-state index contributed by atoms with van der Waals surface area (Å²) in [6, 6.07) is -0.765. The minimum absolute atomic E-state index is 0.116. The van der Waals surface area contributed by atoms with Gasteiger partial charge in [-0.2, -0.15) is 0 Å². The first-order chi connectivity index (χ1) is 16.9. The zero-order chi connectivity index (χ0) is 26.0. The van der Waals surface area contributed by atoms with Crippen LogP contribution in [0.2, 0.25) is 0 Å². The summed E-state index contributed by atoms with van der Waals surface area (Å²) >= 11 is 0. The SMILES string of the molecule is CN(C(=O)[C@H](N)CC(N)=O)[C@@H]1CC[C@]2(C)[C@H](CC[C@@H]3[C@H]2CC[C@]2(C)[C@@H](C4=CC(=O)OC4)CC[C@@]32O)C1. The van der Waals surface area contributed by atoms with Crippen LogP contribution >= 0.6 is 0 Å². The van der Waals surface area contributed by atoms with Crippen molar-refractivity contribution in [2.75, 3.05) is 13.7 Å². The number of fused-ring (bicyclic) bond motifs is 5. The van der Waals surface area contributed by atoms with Crippen LogP contribution in [0.15, 0.2) is 11.6 Å². The number of ether oxygens (including phenoxy) is 1. The van der Waals surface area contributed by atoms with Gasteiger partial charge in [-0.3, -0.25) is 9.59 Å². The molecule has 0 aromatic heterocycles. The van der Waals surface area contributed by atoms with Gasteiger partial charge in [0.1, 0.15) is 6.61 Å². The van der Waals surface area contributed by atoms with Crippen molar-refractivity contribution in [2.45, 2.75) is 95.7 Å². The van der Waals surface area contributed by atoms with Crippen LogP contribution in [0.25, 0.3) is 0 Å². The molecule has 4 saturated carbocycles. The van der Waals surface area contributed by atoms with Crippen LogP contribution in [-0.2, 0) is 19.1 Å². The third kappa shape index (κ3) is 3.73. The number of hydrogen-bond donors (Lipinski definition) is 3. The summed E-state index contributed by atoms with van der Waals surface area (Å²) < 4.78 is 5.24. The van der Waals surface area contributed by atoms with Gasteiger partial charge in [-0.15, -0.1) is 0 Å². The van der Waals surface area contributed by atoms with E-state index in [0.717, 1.165) is 63.4 Å². The molecule has 8 nitrogen and oxygen atoms in total. The lowest BCUT2D eigenvalue weighted by Gasteiger charge is -2.64. The number of amides is 2. The number of rotatable bonds is 5. The Kier molecular flexibility index (Phi) is 6.30. The van der Waals surface area contributed by atoms with Crippen LogP contribution in [0, 0.1) is 34.5 Å². The molecule has 4 fully saturated rings. The first-order valence-corrected chi connectivity index (χ1v) is 13.8. The van der Waals surface area contributed by atoms with E-state index in [9.17, 15) is 19.5 Å². The fraction of sp³-hybridized carbons (Fsp3) is 0.821. The van der Waals surface area contributed by atoms with E-state index >= 15 is 0 Å². The van der Waals surface area contributed by atoms with Crippen LogP contribution in [0.4, 0.5) is 0 Å². The molecule has 8 heteroatoms. The van der Waals surface area contributed by atoms with Crippen molar-refractivity contribution >= 4 is 17.8 Å². The van der Waals surface area contributed by atoms with Crippen molar-refractivity contribution in [2.24, 2.45) is 46.0 Å². The number of esters is 1. The van der Waals surface area contributed by atoms with Gasteiger partial charge in [-0.1, -0.05) is 13.8 Å². The fourth-order valence-corrected chi connectivity index (χ4v) is 9.48. The van der Waals surface area contributed by atoms with Crippen molar-refractivity contribution in [3.05, 3.63) is 11.6 Å². The molecule has 0 saturated heterocycles. The number of carbonyl (C=O) groups excluding carboxylic acids is 3. The second-order valence-corrected chi connectivity index (χ2v) is 12.9. The number of primary amides is 1. The maximum Gasteiger partial charge on any atom is 0.331 e. The molecule has 4 aliphatic carbocycles. The summed E-state index contributed by atoms with van der Waals surface area (Å²) in [5, 5.41) is 12.4. The Morgan fingerprint density at radius 1 is 1.14 bits per heavy atom. The number of nitrogens with two attached hydrogens (primary N) is 2. The molecule has 1 aliphatic heterocycles. The molecule has 0 radical (unpaired) electrons. The fourth-order valence-electron chi connectivity index (χ4n) is 9.48. The lowest BCUT2D eigenvalue weighted by atomic mass is 9.43. The number of aliphatic hydroxyl groups is 1. The average molecular weight is 502 g/mol. The highest BCUT2D eigenvalue weighted by Gasteiger charge is 2.67. The Labute approximate surface area is 214 Å². The lowest BCUT2D eigenvalue weighted by Crippen LogP contribution is -2.63. The molecule has 5 N–H and O–H groups in total. The number of hydrogen-bond acceptors (Lipinski definition) is 6. The Hall–Kier alpha value is -1.93. The Balaban J connectivity index is 1.31. The molecule has 9 atom stereocenters. The smallest absolute Gasteiger partial charge is 0.331 e. The normalized spacial score (nSPS) is 44.5. The predicted molar refractivity (Wildman–Crippen MR) is 134 cm³/mol. The van der Waals surface area contributed by atoms with Crippen LogP contribution in [-0.4, -0.2) is 59.1 Å². The number of carbonyl (C=O) groups is 3. The molecule has 5 rings (SSSR count). The minimum atomic E-state index is -0.882. The van der Waals surface area contributed by atoms with E-state index in [4.69, 9.17) is 16.2 Å². The number of cyclic esters (lactones) is 1. The van der Waals surface area contributed by atoms with Crippen molar-refractivity contribution in [1.82, 2.24) is 4.90 Å². The number of likely N-dealkylation sites (N-methyl/N-ethyl adjacent to an activating group) is 1. The standard InChI is InChI=1S/C28H43N3O5/c1-26-9-6-18(31(3)25(34)22(29)14-23(30)32)13-17(26)4-5-21-20(26)7-10-27(2)19(8-11-28(21,27)35)16-12-24(33)36-15-16/h12,17-22,35H,4-11,13-15,29H2,1-3H3,(H2,30,32)/t17-,18-,19-,20-,21-,22-,26-,27-,28-/m1/s1. The van der Waals surface area contributed by atoms with E-state index < -0.39 is 17.6 Å². The van der Waals surface area contributed by atoms with E-state index in [0.29, 0.717) is 18.4 Å². The van der Waals surface area contributed by atoms with Crippen LogP contribution in [0.3, 0.4) is 0 Å². The molecule has 0 aromatic carbocycles. The van der Waals surface area contributed by atoms with Crippen LogP contribution in [0.1, 0.15) is 78.1 Å². The van der Waals surface area contributed by atoms with Gasteiger partial charge in [0.15, 0.2) is 0 Å². The molecular weight excluding hydrogens is 458 g/mol. The van der Waals surface area contributed by atoms with Crippen LogP contribution < -0.4 is 11.5 Å². The summed E-state index contributed by atoms with van der Waals surface area (Å²) in [4.78, 5) is 37.6. The molecule has 0 bridgehead atoms. The van der Waals surface area contributed by atoms with E-state index in [1.165, 1.54) is 0 Å². The molecule has 200 valence electrons. The Morgan fingerprint density at radius 2 is 1.89 bits per heavy atom. The molecule has 0 unspecified atom stereocenters. The van der Waals surface area contributed by atoms with Crippen molar-refractivity contribution in [3.63, 3.8) is 0 Å². The summed E-state index contributed by atoms with van der Waals surface area (Å²) in [5.41, 5.74) is 11.5. The van der Waals surface area contributed by atoms with Crippen LogP contribution in [0.5, 0.6) is 0 Å².